The summed E-state index contributed by atoms with van der Waals surface area (Å²) in [5, 5.41) is 12.0. The summed E-state index contributed by atoms with van der Waals surface area (Å²) >= 11 is 0. The number of anilines is 1. The van der Waals surface area contributed by atoms with Crippen LogP contribution in [0.4, 0.5) is 10.5 Å². The Balaban J connectivity index is 1.98. The Hall–Kier alpha value is -2.54. The minimum absolute atomic E-state index is 0.0465. The fourth-order valence-electron chi connectivity index (χ4n) is 2.13. The number of carbonyl (C=O) groups is 1. The zero-order chi connectivity index (χ0) is 15.9. The lowest BCUT2D eigenvalue weighted by molar-refractivity contribution is 0.243. The zero-order valence-electron chi connectivity index (χ0n) is 13.0. The second kappa shape index (κ2) is 7.46. The van der Waals surface area contributed by atoms with Crippen LogP contribution in [0.1, 0.15) is 11.6 Å². The molecule has 0 saturated heterocycles. The topological polar surface area (TPSA) is 82.3 Å². The Morgan fingerprint density at radius 3 is 2.91 bits per heavy atom. The van der Waals surface area contributed by atoms with Crippen molar-refractivity contribution in [3.8, 4) is 5.75 Å². The van der Waals surface area contributed by atoms with E-state index in [1.165, 1.54) is 0 Å². The summed E-state index contributed by atoms with van der Waals surface area (Å²) in [6.45, 7) is 0.476. The summed E-state index contributed by atoms with van der Waals surface area (Å²) in [4.78, 5) is 13.9. The number of nitrogens with one attached hydrogen (secondary N) is 3. The highest BCUT2D eigenvalue weighted by Crippen LogP contribution is 2.22. The molecular weight excluding hydrogens is 282 g/mol. The number of benzene rings is 1. The van der Waals surface area contributed by atoms with Crippen LogP contribution in [0.3, 0.4) is 0 Å². The van der Waals surface area contributed by atoms with E-state index < -0.39 is 0 Å². The van der Waals surface area contributed by atoms with E-state index in [1.54, 1.807) is 19.5 Å². The molecule has 0 aliphatic heterocycles. The largest absolute Gasteiger partial charge is 0.497 e. The molecule has 0 saturated carbocycles. The van der Waals surface area contributed by atoms with Gasteiger partial charge in [-0.25, -0.2) is 4.79 Å². The average molecular weight is 303 g/mol. The highest BCUT2D eigenvalue weighted by molar-refractivity contribution is 5.88. The number of H-pyrrole nitrogens is 1. The predicted molar refractivity (Wildman–Crippen MR) is 85.0 cm³/mol. The van der Waals surface area contributed by atoms with E-state index in [0.29, 0.717) is 12.2 Å². The Kier molecular flexibility index (Phi) is 5.37. The van der Waals surface area contributed by atoms with Gasteiger partial charge in [0.1, 0.15) is 5.75 Å². The Morgan fingerprint density at radius 2 is 2.27 bits per heavy atom. The van der Waals surface area contributed by atoms with Crippen molar-refractivity contribution in [1.29, 1.82) is 0 Å². The van der Waals surface area contributed by atoms with Gasteiger partial charge >= 0.3 is 6.03 Å². The van der Waals surface area contributed by atoms with Crippen LogP contribution in [0.5, 0.6) is 5.75 Å². The number of hydrogen-bond acceptors (Lipinski definition) is 4. The van der Waals surface area contributed by atoms with E-state index in [0.717, 1.165) is 11.3 Å². The first kappa shape index (κ1) is 15.8. The zero-order valence-corrected chi connectivity index (χ0v) is 13.0. The normalized spacial score (nSPS) is 12.0. The van der Waals surface area contributed by atoms with Gasteiger partial charge in [0.2, 0.25) is 0 Å². The standard InChI is InChI=1S/C15H21N5O2/c1-20(2)14(11-5-4-6-13(7-11)22-3)10-16-15(21)19-12-8-17-18-9-12/h4-9,14H,10H2,1-3H3,(H,17,18)(H2,16,19,21)/t14-/m1/s1. The van der Waals surface area contributed by atoms with Crippen molar-refractivity contribution in [2.45, 2.75) is 6.04 Å². The van der Waals surface area contributed by atoms with Crippen LogP contribution in [0, 0.1) is 0 Å². The van der Waals surface area contributed by atoms with Gasteiger partial charge in [-0.2, -0.15) is 5.10 Å². The van der Waals surface area contributed by atoms with Crippen molar-refractivity contribution in [3.05, 3.63) is 42.2 Å². The lowest BCUT2D eigenvalue weighted by atomic mass is 10.1. The lowest BCUT2D eigenvalue weighted by Crippen LogP contribution is -2.36. The van der Waals surface area contributed by atoms with Crippen molar-refractivity contribution in [2.75, 3.05) is 33.1 Å². The van der Waals surface area contributed by atoms with Gasteiger partial charge in [0.15, 0.2) is 0 Å². The molecule has 3 N–H and O–H groups in total. The maximum Gasteiger partial charge on any atom is 0.319 e. The van der Waals surface area contributed by atoms with Crippen LogP contribution in [-0.2, 0) is 0 Å². The molecule has 7 heteroatoms. The van der Waals surface area contributed by atoms with Gasteiger partial charge in [0.05, 0.1) is 25.0 Å². The number of hydrogen-bond donors (Lipinski definition) is 3. The first-order valence-corrected chi connectivity index (χ1v) is 6.94. The van der Waals surface area contributed by atoms with Gasteiger partial charge in [-0.1, -0.05) is 12.1 Å². The van der Waals surface area contributed by atoms with E-state index in [2.05, 4.69) is 20.8 Å². The van der Waals surface area contributed by atoms with E-state index >= 15 is 0 Å². The molecule has 7 nitrogen and oxygen atoms in total. The summed E-state index contributed by atoms with van der Waals surface area (Å²) in [5.74, 6) is 0.798. The highest BCUT2D eigenvalue weighted by atomic mass is 16.5. The van der Waals surface area contributed by atoms with Crippen LogP contribution >= 0.6 is 0 Å². The van der Waals surface area contributed by atoms with Crippen LogP contribution in [0.2, 0.25) is 0 Å². The van der Waals surface area contributed by atoms with Crippen molar-refractivity contribution >= 4 is 11.7 Å². The number of aromatic amines is 1. The molecular formula is C15H21N5O2. The van der Waals surface area contributed by atoms with E-state index in [1.807, 2.05) is 43.3 Å². The van der Waals surface area contributed by atoms with Gasteiger partial charge in [0, 0.05) is 12.7 Å². The maximum absolute atomic E-state index is 11.9. The highest BCUT2D eigenvalue weighted by Gasteiger charge is 2.16. The smallest absolute Gasteiger partial charge is 0.319 e. The van der Waals surface area contributed by atoms with Crippen LogP contribution < -0.4 is 15.4 Å². The number of urea groups is 1. The summed E-state index contributed by atoms with van der Waals surface area (Å²) in [6.07, 6.45) is 3.16. The number of nitrogens with zero attached hydrogens (tertiary/aromatic N) is 2. The van der Waals surface area contributed by atoms with Crippen LogP contribution in [0.25, 0.3) is 0 Å². The van der Waals surface area contributed by atoms with E-state index in [9.17, 15) is 4.79 Å². The number of ether oxygens (including phenoxy) is 1. The monoisotopic (exact) mass is 303 g/mol. The second-order valence-corrected chi connectivity index (χ2v) is 5.08. The molecule has 0 fully saturated rings. The molecule has 2 rings (SSSR count). The fraction of sp³-hybridized carbons (Fsp3) is 0.333. The maximum atomic E-state index is 11.9. The minimum Gasteiger partial charge on any atom is -0.497 e. The van der Waals surface area contributed by atoms with Crippen molar-refractivity contribution in [1.82, 2.24) is 20.4 Å². The molecule has 0 radical (unpaired) electrons. The molecule has 0 spiro atoms. The minimum atomic E-state index is -0.267. The van der Waals surface area contributed by atoms with Gasteiger partial charge in [-0.15, -0.1) is 0 Å². The molecule has 2 aromatic rings. The number of carbonyl (C=O) groups excluding carboxylic acids is 1. The van der Waals surface area contributed by atoms with Crippen molar-refractivity contribution in [2.24, 2.45) is 0 Å². The molecule has 1 aromatic carbocycles. The number of aromatic nitrogens is 2. The Morgan fingerprint density at radius 1 is 1.45 bits per heavy atom. The molecule has 0 aliphatic carbocycles. The summed E-state index contributed by atoms with van der Waals surface area (Å²) in [7, 11) is 5.58. The predicted octanol–water partition coefficient (Wildman–Crippen LogP) is 1.84. The number of rotatable bonds is 6. The molecule has 1 heterocycles. The molecule has 1 atom stereocenters. The van der Waals surface area contributed by atoms with Crippen LogP contribution in [-0.4, -0.2) is 48.9 Å². The first-order valence-electron chi connectivity index (χ1n) is 6.94. The molecule has 118 valence electrons. The molecule has 1 aromatic heterocycles. The summed E-state index contributed by atoms with van der Waals surface area (Å²) in [5.41, 5.74) is 1.70. The number of amides is 2. The lowest BCUT2D eigenvalue weighted by Gasteiger charge is -2.25. The molecule has 22 heavy (non-hydrogen) atoms. The van der Waals surface area contributed by atoms with Gasteiger partial charge in [-0.3, -0.25) is 5.10 Å². The van der Waals surface area contributed by atoms with Gasteiger partial charge < -0.3 is 20.3 Å². The summed E-state index contributed by atoms with van der Waals surface area (Å²) in [6, 6.07) is 7.61. The van der Waals surface area contributed by atoms with Gasteiger partial charge in [0.25, 0.3) is 0 Å². The van der Waals surface area contributed by atoms with Crippen LogP contribution in [0.15, 0.2) is 36.7 Å². The average Bonchev–Trinajstić information content (AvgIpc) is 3.00. The second-order valence-electron chi connectivity index (χ2n) is 5.08. The molecule has 2 amide bonds. The quantitative estimate of drug-likeness (QED) is 0.760. The number of likely N-dealkylation sites (N-methyl/N-ethyl adjacent to an activating group) is 1. The van der Waals surface area contributed by atoms with E-state index in [-0.39, 0.29) is 12.1 Å². The molecule has 0 bridgehead atoms. The Labute approximate surface area is 129 Å². The van der Waals surface area contributed by atoms with Crippen molar-refractivity contribution in [3.63, 3.8) is 0 Å². The fourth-order valence-corrected chi connectivity index (χ4v) is 2.13. The molecule has 0 unspecified atom stereocenters. The Bertz CT molecular complexity index is 598. The SMILES string of the molecule is COc1cccc([C@@H](CNC(=O)Nc2cn[nH]c2)N(C)C)c1. The van der Waals surface area contributed by atoms with E-state index in [4.69, 9.17) is 4.74 Å². The molecule has 0 aliphatic rings. The summed E-state index contributed by atoms with van der Waals surface area (Å²) < 4.78 is 5.25. The third-order valence-corrected chi connectivity index (χ3v) is 3.31. The van der Waals surface area contributed by atoms with Gasteiger partial charge in [-0.05, 0) is 31.8 Å². The first-order chi connectivity index (χ1) is 10.6. The third-order valence-electron chi connectivity index (χ3n) is 3.31. The number of methoxy groups -OCH3 is 1. The van der Waals surface area contributed by atoms with Crippen molar-refractivity contribution < 1.29 is 9.53 Å². The third kappa shape index (κ3) is 4.23.